The van der Waals surface area contributed by atoms with Gasteiger partial charge in [0.25, 0.3) is 0 Å². The molecule has 0 radical (unpaired) electrons. The molecule has 1 aliphatic carbocycles. The molecule has 3 heteroatoms. The molecule has 3 nitrogen and oxygen atoms in total. The van der Waals surface area contributed by atoms with E-state index in [4.69, 9.17) is 9.84 Å². The quantitative estimate of drug-likeness (QED) is 0.890. The molecule has 2 rings (SSSR count). The van der Waals surface area contributed by atoms with Gasteiger partial charge in [0.2, 0.25) is 0 Å². The molecule has 18 heavy (non-hydrogen) atoms. The lowest BCUT2D eigenvalue weighted by Gasteiger charge is -2.17. The molecule has 1 aromatic rings. The lowest BCUT2D eigenvalue weighted by Crippen LogP contribution is -2.13. The third kappa shape index (κ3) is 1.98. The van der Waals surface area contributed by atoms with Gasteiger partial charge in [-0.1, -0.05) is 13.0 Å². The first kappa shape index (κ1) is 12.9. The molecule has 1 N–H and O–H groups in total. The van der Waals surface area contributed by atoms with E-state index in [1.54, 1.807) is 0 Å². The van der Waals surface area contributed by atoms with Crippen molar-refractivity contribution in [2.45, 2.75) is 39.5 Å². The summed E-state index contributed by atoms with van der Waals surface area (Å²) in [6.45, 7) is 8.68. The predicted molar refractivity (Wildman–Crippen MR) is 70.2 cm³/mol. The van der Waals surface area contributed by atoms with Crippen LogP contribution in [0, 0.1) is 19.8 Å². The maximum atomic E-state index is 11.1. The normalized spacial score (nSPS) is 25.9. The predicted octanol–water partition coefficient (Wildman–Crippen LogP) is 3.06. The summed E-state index contributed by atoms with van der Waals surface area (Å²) in [7, 11) is 0. The molecule has 1 aromatic carbocycles. The first-order valence-corrected chi connectivity index (χ1v) is 6.37. The summed E-state index contributed by atoms with van der Waals surface area (Å²) in [5.41, 5.74) is 3.15. The fourth-order valence-corrected chi connectivity index (χ4v) is 2.74. The maximum Gasteiger partial charge on any atom is 0.307 e. The van der Waals surface area contributed by atoms with Crippen LogP contribution in [0.25, 0.3) is 0 Å². The molecule has 0 aliphatic heterocycles. The minimum absolute atomic E-state index is 0.203. The highest BCUT2D eigenvalue weighted by atomic mass is 16.5. The zero-order valence-corrected chi connectivity index (χ0v) is 11.4. The van der Waals surface area contributed by atoms with Gasteiger partial charge in [-0.25, -0.2) is 0 Å². The van der Waals surface area contributed by atoms with E-state index in [0.717, 1.165) is 28.9 Å². The molecular weight excluding hydrogens is 228 g/mol. The molecule has 0 saturated heterocycles. The Kier molecular flexibility index (Phi) is 3.09. The number of hydrogen-bond donors (Lipinski definition) is 1. The molecule has 0 spiro atoms. The highest BCUT2D eigenvalue weighted by molar-refractivity contribution is 5.77. The van der Waals surface area contributed by atoms with E-state index in [-0.39, 0.29) is 11.3 Å². The number of aliphatic carboxylic acids is 1. The Morgan fingerprint density at radius 3 is 2.61 bits per heavy atom. The van der Waals surface area contributed by atoms with Crippen LogP contribution >= 0.6 is 0 Å². The van der Waals surface area contributed by atoms with Crippen molar-refractivity contribution in [1.29, 1.82) is 0 Å². The van der Waals surface area contributed by atoms with Gasteiger partial charge in [-0.15, -0.1) is 0 Å². The Morgan fingerprint density at radius 1 is 1.44 bits per heavy atom. The first-order valence-electron chi connectivity index (χ1n) is 6.37. The molecule has 1 aliphatic rings. The van der Waals surface area contributed by atoms with Crippen molar-refractivity contribution in [2.24, 2.45) is 5.92 Å². The molecule has 0 amide bonds. The Hall–Kier alpha value is -1.51. The molecular formula is C15H20O3. The van der Waals surface area contributed by atoms with Gasteiger partial charge in [-0.2, -0.15) is 0 Å². The van der Waals surface area contributed by atoms with Crippen molar-refractivity contribution >= 4 is 5.97 Å². The summed E-state index contributed by atoms with van der Waals surface area (Å²) in [5.74, 6) is -0.0353. The number of carboxylic acid groups (broad SMARTS) is 1. The first-order chi connectivity index (χ1) is 8.40. The van der Waals surface area contributed by atoms with Crippen molar-refractivity contribution < 1.29 is 14.6 Å². The number of rotatable bonds is 4. The molecule has 2 atom stereocenters. The SMILES string of the molecule is CCOc1cc(C)c(C2(C)CC2C(=O)O)cc1C. The van der Waals surface area contributed by atoms with Gasteiger partial charge in [-0.05, 0) is 49.9 Å². The van der Waals surface area contributed by atoms with Crippen LogP contribution in [0.15, 0.2) is 12.1 Å². The fourth-order valence-electron chi connectivity index (χ4n) is 2.74. The van der Waals surface area contributed by atoms with Crippen LogP contribution in [-0.2, 0) is 10.2 Å². The summed E-state index contributed by atoms with van der Waals surface area (Å²) in [4.78, 5) is 11.1. The summed E-state index contributed by atoms with van der Waals surface area (Å²) in [5, 5.41) is 9.12. The second-order valence-electron chi connectivity index (χ2n) is 5.38. The van der Waals surface area contributed by atoms with Crippen molar-refractivity contribution in [3.8, 4) is 5.75 Å². The van der Waals surface area contributed by atoms with Crippen molar-refractivity contribution in [1.82, 2.24) is 0 Å². The van der Waals surface area contributed by atoms with E-state index in [9.17, 15) is 4.79 Å². The van der Waals surface area contributed by atoms with Crippen LogP contribution < -0.4 is 4.74 Å². The van der Waals surface area contributed by atoms with Crippen LogP contribution in [0.3, 0.4) is 0 Å². The zero-order chi connectivity index (χ0) is 13.5. The number of benzene rings is 1. The van der Waals surface area contributed by atoms with Crippen LogP contribution in [-0.4, -0.2) is 17.7 Å². The fraction of sp³-hybridized carbons (Fsp3) is 0.533. The summed E-state index contributed by atoms with van der Waals surface area (Å²) in [6, 6.07) is 4.11. The lowest BCUT2D eigenvalue weighted by molar-refractivity contribution is -0.138. The Labute approximate surface area is 108 Å². The topological polar surface area (TPSA) is 46.5 Å². The standard InChI is InChI=1S/C15H20O3/c1-5-18-13-7-9(2)11(6-10(13)3)15(4)8-12(15)14(16)17/h6-7,12H,5,8H2,1-4H3,(H,16,17). The second-order valence-corrected chi connectivity index (χ2v) is 5.38. The van der Waals surface area contributed by atoms with Crippen molar-refractivity contribution in [2.75, 3.05) is 6.61 Å². The van der Waals surface area contributed by atoms with Crippen LogP contribution in [0.2, 0.25) is 0 Å². The van der Waals surface area contributed by atoms with Gasteiger partial charge >= 0.3 is 5.97 Å². The van der Waals surface area contributed by atoms with E-state index in [1.807, 2.05) is 33.8 Å². The Bertz CT molecular complexity index is 493. The Balaban J connectivity index is 2.36. The summed E-state index contributed by atoms with van der Waals surface area (Å²) < 4.78 is 5.56. The van der Waals surface area contributed by atoms with E-state index >= 15 is 0 Å². The van der Waals surface area contributed by atoms with Crippen LogP contribution in [0.1, 0.15) is 37.0 Å². The van der Waals surface area contributed by atoms with Crippen molar-refractivity contribution in [3.05, 3.63) is 28.8 Å². The van der Waals surface area contributed by atoms with Gasteiger partial charge in [0, 0.05) is 5.41 Å². The summed E-state index contributed by atoms with van der Waals surface area (Å²) in [6.07, 6.45) is 0.733. The van der Waals surface area contributed by atoms with Gasteiger partial charge in [-0.3, -0.25) is 4.79 Å². The molecule has 1 fully saturated rings. The van der Waals surface area contributed by atoms with Crippen LogP contribution in [0.4, 0.5) is 0 Å². The smallest absolute Gasteiger partial charge is 0.307 e. The minimum Gasteiger partial charge on any atom is -0.494 e. The number of ether oxygens (including phenoxy) is 1. The van der Waals surface area contributed by atoms with Gasteiger partial charge < -0.3 is 9.84 Å². The third-order valence-electron chi connectivity index (χ3n) is 3.97. The van der Waals surface area contributed by atoms with E-state index < -0.39 is 5.97 Å². The second kappa shape index (κ2) is 4.30. The van der Waals surface area contributed by atoms with Gasteiger partial charge in [0.15, 0.2) is 0 Å². The van der Waals surface area contributed by atoms with Crippen molar-refractivity contribution in [3.63, 3.8) is 0 Å². The molecule has 0 bridgehead atoms. The monoisotopic (exact) mass is 248 g/mol. The zero-order valence-electron chi connectivity index (χ0n) is 11.4. The summed E-state index contributed by atoms with van der Waals surface area (Å²) >= 11 is 0. The molecule has 2 unspecified atom stereocenters. The Morgan fingerprint density at radius 2 is 2.11 bits per heavy atom. The number of carboxylic acids is 1. The molecule has 0 aromatic heterocycles. The average Bonchev–Trinajstić information content (AvgIpc) is 2.97. The number of aryl methyl sites for hydroxylation is 2. The van der Waals surface area contributed by atoms with E-state index in [1.165, 1.54) is 0 Å². The molecule has 98 valence electrons. The highest BCUT2D eigenvalue weighted by Gasteiger charge is 2.56. The van der Waals surface area contributed by atoms with E-state index in [0.29, 0.717) is 6.61 Å². The largest absolute Gasteiger partial charge is 0.494 e. The number of hydrogen-bond acceptors (Lipinski definition) is 2. The third-order valence-corrected chi connectivity index (χ3v) is 3.97. The van der Waals surface area contributed by atoms with Gasteiger partial charge in [0.05, 0.1) is 12.5 Å². The minimum atomic E-state index is -0.691. The van der Waals surface area contributed by atoms with Gasteiger partial charge in [0.1, 0.15) is 5.75 Å². The van der Waals surface area contributed by atoms with E-state index in [2.05, 4.69) is 6.07 Å². The molecule has 1 saturated carbocycles. The lowest BCUT2D eigenvalue weighted by atomic mass is 9.89. The maximum absolute atomic E-state index is 11.1. The highest BCUT2D eigenvalue weighted by Crippen LogP contribution is 2.55. The van der Waals surface area contributed by atoms with Crippen LogP contribution in [0.5, 0.6) is 5.75 Å². The average molecular weight is 248 g/mol. The molecule has 0 heterocycles. The number of carbonyl (C=O) groups is 1.